The maximum atomic E-state index is 12.4. The number of halogens is 2. The summed E-state index contributed by atoms with van der Waals surface area (Å²) in [5.74, 6) is 0.114. The monoisotopic (exact) mass is 351 g/mol. The summed E-state index contributed by atoms with van der Waals surface area (Å²) < 4.78 is 39.8. The van der Waals surface area contributed by atoms with Gasteiger partial charge < -0.3 is 19.5 Å². The van der Waals surface area contributed by atoms with Gasteiger partial charge in [-0.15, -0.1) is 0 Å². The molecule has 2 aromatic carbocycles. The fourth-order valence-electron chi connectivity index (χ4n) is 2.06. The predicted octanol–water partition coefficient (Wildman–Crippen LogP) is 4.01. The predicted molar refractivity (Wildman–Crippen MR) is 89.5 cm³/mol. The van der Waals surface area contributed by atoms with Crippen LogP contribution in [0.1, 0.15) is 12.5 Å². The van der Waals surface area contributed by atoms with Crippen LogP contribution in [-0.4, -0.2) is 25.7 Å². The molecule has 0 aromatic heterocycles. The van der Waals surface area contributed by atoms with Crippen LogP contribution in [-0.2, 0) is 4.79 Å². The van der Waals surface area contributed by atoms with Crippen LogP contribution in [0.4, 0.5) is 14.5 Å². The Labute approximate surface area is 144 Å². The highest BCUT2D eigenvalue weighted by Gasteiger charge is 2.17. The third kappa shape index (κ3) is 5.34. The van der Waals surface area contributed by atoms with Crippen LogP contribution in [0.3, 0.4) is 0 Å². The fraction of sp³-hybridized carbons (Fsp3) is 0.278. The van der Waals surface area contributed by atoms with Crippen LogP contribution in [0.25, 0.3) is 0 Å². The highest BCUT2D eigenvalue weighted by atomic mass is 19.3. The van der Waals surface area contributed by atoms with Crippen LogP contribution in [0, 0.1) is 6.92 Å². The quantitative estimate of drug-likeness (QED) is 0.819. The molecule has 2 rings (SSSR count). The number of aryl methyl sites for hydroxylation is 1. The average Bonchev–Trinajstić information content (AvgIpc) is 2.56. The molecule has 0 fully saturated rings. The Morgan fingerprint density at radius 3 is 2.32 bits per heavy atom. The first kappa shape index (κ1) is 18.5. The molecule has 25 heavy (non-hydrogen) atoms. The number of hydrogen-bond acceptors (Lipinski definition) is 4. The lowest BCUT2D eigenvalue weighted by atomic mass is 10.2. The molecule has 0 aliphatic heterocycles. The summed E-state index contributed by atoms with van der Waals surface area (Å²) in [6.45, 7) is 0.543. The van der Waals surface area contributed by atoms with Crippen LogP contribution < -0.4 is 19.5 Å². The highest BCUT2D eigenvalue weighted by Crippen LogP contribution is 2.31. The molecule has 0 aliphatic rings. The summed E-state index contributed by atoms with van der Waals surface area (Å²) in [5, 5.41) is 2.59. The Bertz CT molecular complexity index is 720. The van der Waals surface area contributed by atoms with E-state index in [2.05, 4.69) is 10.1 Å². The number of rotatable bonds is 7. The maximum absolute atomic E-state index is 12.4. The van der Waals surface area contributed by atoms with Gasteiger partial charge in [-0.25, -0.2) is 0 Å². The van der Waals surface area contributed by atoms with Crippen molar-refractivity contribution in [2.24, 2.45) is 0 Å². The zero-order chi connectivity index (χ0) is 18.4. The van der Waals surface area contributed by atoms with Crippen molar-refractivity contribution < 1.29 is 27.8 Å². The zero-order valence-corrected chi connectivity index (χ0v) is 14.1. The van der Waals surface area contributed by atoms with Crippen molar-refractivity contribution in [1.82, 2.24) is 0 Å². The lowest BCUT2D eigenvalue weighted by Gasteiger charge is -2.16. The number of amides is 1. The summed E-state index contributed by atoms with van der Waals surface area (Å²) in [5.41, 5.74) is 1.37. The van der Waals surface area contributed by atoms with E-state index >= 15 is 0 Å². The fourth-order valence-corrected chi connectivity index (χ4v) is 2.06. The molecular weight excluding hydrogens is 332 g/mol. The Morgan fingerprint density at radius 1 is 1.04 bits per heavy atom. The van der Waals surface area contributed by atoms with Gasteiger partial charge in [0.05, 0.1) is 7.11 Å². The number of nitrogens with one attached hydrogen (secondary N) is 1. The van der Waals surface area contributed by atoms with Crippen LogP contribution in [0.5, 0.6) is 17.2 Å². The molecule has 1 N–H and O–H groups in total. The number of hydrogen-bond donors (Lipinski definition) is 1. The lowest BCUT2D eigenvalue weighted by molar-refractivity contribution is -0.122. The van der Waals surface area contributed by atoms with Gasteiger partial charge in [-0.2, -0.15) is 8.78 Å². The number of ether oxygens (including phenoxy) is 3. The molecule has 1 unspecified atom stereocenters. The van der Waals surface area contributed by atoms with E-state index in [0.29, 0.717) is 11.4 Å². The van der Waals surface area contributed by atoms with Crippen LogP contribution >= 0.6 is 0 Å². The number of alkyl halides is 2. The Kier molecular flexibility index (Phi) is 6.16. The minimum absolute atomic E-state index is 0.141. The number of anilines is 1. The second-order valence-electron chi connectivity index (χ2n) is 5.31. The molecule has 0 spiro atoms. The summed E-state index contributed by atoms with van der Waals surface area (Å²) >= 11 is 0. The summed E-state index contributed by atoms with van der Waals surface area (Å²) in [4.78, 5) is 12.2. The SMILES string of the molecule is COc1ccc(NC(=O)C(C)Oc2ccc(C)cc2)cc1OC(F)F. The third-order valence-corrected chi connectivity index (χ3v) is 3.35. The van der Waals surface area contributed by atoms with Crippen molar-refractivity contribution in [3.8, 4) is 17.2 Å². The largest absolute Gasteiger partial charge is 0.493 e. The summed E-state index contributed by atoms with van der Waals surface area (Å²) in [6, 6.07) is 11.5. The van der Waals surface area contributed by atoms with Gasteiger partial charge in [-0.05, 0) is 38.1 Å². The van der Waals surface area contributed by atoms with Gasteiger partial charge in [0.2, 0.25) is 0 Å². The van der Waals surface area contributed by atoms with Crippen molar-refractivity contribution in [1.29, 1.82) is 0 Å². The van der Waals surface area contributed by atoms with Crippen molar-refractivity contribution >= 4 is 11.6 Å². The molecule has 1 amide bonds. The number of benzene rings is 2. The van der Waals surface area contributed by atoms with E-state index in [1.54, 1.807) is 19.1 Å². The molecule has 0 heterocycles. The van der Waals surface area contributed by atoms with Crippen molar-refractivity contribution in [3.63, 3.8) is 0 Å². The maximum Gasteiger partial charge on any atom is 0.387 e. The minimum Gasteiger partial charge on any atom is -0.493 e. The lowest BCUT2D eigenvalue weighted by Crippen LogP contribution is -2.30. The van der Waals surface area contributed by atoms with Crippen molar-refractivity contribution in [2.75, 3.05) is 12.4 Å². The molecule has 2 aromatic rings. The standard InChI is InChI=1S/C18H19F2NO4/c1-11-4-7-14(8-5-11)24-12(2)17(22)21-13-6-9-15(23-3)16(10-13)25-18(19)20/h4-10,12,18H,1-3H3,(H,21,22). The second-order valence-corrected chi connectivity index (χ2v) is 5.31. The molecule has 0 radical (unpaired) electrons. The smallest absolute Gasteiger partial charge is 0.387 e. The van der Waals surface area contributed by atoms with Gasteiger partial charge in [-0.1, -0.05) is 17.7 Å². The number of methoxy groups -OCH3 is 1. The second kappa shape index (κ2) is 8.32. The first-order valence-corrected chi connectivity index (χ1v) is 7.56. The Morgan fingerprint density at radius 2 is 1.72 bits per heavy atom. The molecule has 1 atom stereocenters. The Hall–Kier alpha value is -2.83. The van der Waals surface area contributed by atoms with E-state index in [0.717, 1.165) is 5.56 Å². The van der Waals surface area contributed by atoms with Crippen LogP contribution in [0.2, 0.25) is 0 Å². The van der Waals surface area contributed by atoms with Gasteiger partial charge in [0.1, 0.15) is 5.75 Å². The minimum atomic E-state index is -3.00. The van der Waals surface area contributed by atoms with Gasteiger partial charge in [-0.3, -0.25) is 4.79 Å². The average molecular weight is 351 g/mol. The van der Waals surface area contributed by atoms with E-state index in [-0.39, 0.29) is 11.5 Å². The first-order chi connectivity index (χ1) is 11.9. The molecule has 0 saturated carbocycles. The molecule has 0 saturated heterocycles. The molecular formula is C18H19F2NO4. The normalized spacial score (nSPS) is 11.8. The van der Waals surface area contributed by atoms with E-state index in [4.69, 9.17) is 9.47 Å². The van der Waals surface area contributed by atoms with Gasteiger partial charge in [0.15, 0.2) is 17.6 Å². The molecule has 7 heteroatoms. The topological polar surface area (TPSA) is 56.8 Å². The number of carbonyl (C=O) groups excluding carboxylic acids is 1. The van der Waals surface area contributed by atoms with E-state index in [9.17, 15) is 13.6 Å². The zero-order valence-electron chi connectivity index (χ0n) is 14.1. The van der Waals surface area contributed by atoms with Crippen molar-refractivity contribution in [3.05, 3.63) is 48.0 Å². The van der Waals surface area contributed by atoms with E-state index in [1.807, 2.05) is 19.1 Å². The highest BCUT2D eigenvalue weighted by molar-refractivity contribution is 5.94. The van der Waals surface area contributed by atoms with E-state index in [1.165, 1.54) is 25.3 Å². The van der Waals surface area contributed by atoms with Crippen LogP contribution in [0.15, 0.2) is 42.5 Å². The Balaban J connectivity index is 2.04. The summed E-state index contributed by atoms with van der Waals surface area (Å²) in [6.07, 6.45) is -0.774. The van der Waals surface area contributed by atoms with E-state index < -0.39 is 18.6 Å². The summed E-state index contributed by atoms with van der Waals surface area (Å²) in [7, 11) is 1.34. The van der Waals surface area contributed by atoms with Gasteiger partial charge in [0.25, 0.3) is 5.91 Å². The molecule has 134 valence electrons. The first-order valence-electron chi connectivity index (χ1n) is 7.56. The van der Waals surface area contributed by atoms with Gasteiger partial charge >= 0.3 is 6.61 Å². The number of carbonyl (C=O) groups is 1. The molecule has 5 nitrogen and oxygen atoms in total. The molecule has 0 aliphatic carbocycles. The molecule has 0 bridgehead atoms. The van der Waals surface area contributed by atoms with Crippen molar-refractivity contribution in [2.45, 2.75) is 26.6 Å². The van der Waals surface area contributed by atoms with Gasteiger partial charge in [0, 0.05) is 11.8 Å². The third-order valence-electron chi connectivity index (χ3n) is 3.35.